The average molecular weight is 115 g/mol. The van der Waals surface area contributed by atoms with Crippen molar-refractivity contribution in [1.82, 2.24) is 0 Å². The maximum absolute atomic E-state index is 3.60. The molecule has 0 fully saturated rings. The molecule has 0 bridgehead atoms. The molecule has 1 nitrogen and oxygen atoms in total. The molecule has 2 heteroatoms. The summed E-state index contributed by atoms with van der Waals surface area (Å²) < 4.78 is 0. The summed E-state index contributed by atoms with van der Waals surface area (Å²) in [5, 5.41) is 0.808. The normalized spacial score (nSPS) is 8.14. The Bertz CT molecular complexity index is 78.1. The summed E-state index contributed by atoms with van der Waals surface area (Å²) in [6.45, 7) is 8.96. The summed E-state index contributed by atoms with van der Waals surface area (Å²) in [5.74, 6) is 1.03. The molecular weight excluding hydrogens is 106 g/mol. The second-order valence-electron chi connectivity index (χ2n) is 0.985. The largest absolute Gasteiger partial charge is 0.258 e. The SMILES string of the molecule is C=NC(=C)SCC. The van der Waals surface area contributed by atoms with Crippen molar-refractivity contribution < 1.29 is 0 Å². The van der Waals surface area contributed by atoms with E-state index in [4.69, 9.17) is 0 Å². The molecule has 40 valence electrons. The van der Waals surface area contributed by atoms with Crippen LogP contribution in [0.15, 0.2) is 16.6 Å². The number of hydrogen-bond acceptors (Lipinski definition) is 2. The Morgan fingerprint density at radius 1 is 1.86 bits per heavy atom. The first-order valence-corrected chi connectivity index (χ1v) is 3.08. The zero-order valence-electron chi connectivity index (χ0n) is 4.48. The number of hydrogen-bond donors (Lipinski definition) is 0. The van der Waals surface area contributed by atoms with Gasteiger partial charge in [0.25, 0.3) is 0 Å². The lowest BCUT2D eigenvalue weighted by molar-refractivity contribution is 1.50. The van der Waals surface area contributed by atoms with Crippen molar-refractivity contribution in [3.63, 3.8) is 0 Å². The number of thioether (sulfide) groups is 1. The highest BCUT2D eigenvalue weighted by atomic mass is 32.2. The summed E-state index contributed by atoms with van der Waals surface area (Å²) in [4.78, 5) is 3.60. The van der Waals surface area contributed by atoms with Gasteiger partial charge in [0.05, 0.1) is 5.03 Å². The number of nitrogens with zero attached hydrogens (tertiary/aromatic N) is 1. The van der Waals surface area contributed by atoms with Gasteiger partial charge in [-0.15, -0.1) is 11.8 Å². The second kappa shape index (κ2) is 3.93. The van der Waals surface area contributed by atoms with Crippen LogP contribution in [0.1, 0.15) is 6.92 Å². The Kier molecular flexibility index (Phi) is 3.80. The minimum Gasteiger partial charge on any atom is -0.258 e. The maximum atomic E-state index is 3.60. The first kappa shape index (κ1) is 6.76. The predicted molar refractivity (Wildman–Crippen MR) is 36.8 cm³/mol. The van der Waals surface area contributed by atoms with Crippen LogP contribution in [0.5, 0.6) is 0 Å². The van der Waals surface area contributed by atoms with Crippen molar-refractivity contribution >= 4 is 18.5 Å². The Hall–Kier alpha value is -0.240. The Labute approximate surface area is 48.5 Å². The summed E-state index contributed by atoms with van der Waals surface area (Å²) in [6.07, 6.45) is 0. The standard InChI is InChI=1S/C5H9NS/c1-4-7-5(2)6-3/h2-4H2,1H3. The molecule has 0 aliphatic rings. The molecule has 0 aliphatic heterocycles. The van der Waals surface area contributed by atoms with E-state index in [-0.39, 0.29) is 0 Å². The van der Waals surface area contributed by atoms with E-state index < -0.39 is 0 Å². The third-order valence-electron chi connectivity index (χ3n) is 0.487. The fourth-order valence-electron chi connectivity index (χ4n) is 0.212. The van der Waals surface area contributed by atoms with E-state index in [1.165, 1.54) is 0 Å². The van der Waals surface area contributed by atoms with E-state index in [2.05, 4.69) is 25.2 Å². The van der Waals surface area contributed by atoms with Gasteiger partial charge in [0.2, 0.25) is 0 Å². The van der Waals surface area contributed by atoms with Crippen LogP contribution in [-0.4, -0.2) is 12.5 Å². The molecule has 0 amide bonds. The van der Waals surface area contributed by atoms with Gasteiger partial charge in [0.15, 0.2) is 0 Å². The molecule has 0 heterocycles. The van der Waals surface area contributed by atoms with Gasteiger partial charge in [-0.25, -0.2) is 0 Å². The summed E-state index contributed by atoms with van der Waals surface area (Å²) in [7, 11) is 0. The third kappa shape index (κ3) is 3.59. The van der Waals surface area contributed by atoms with E-state index in [1.54, 1.807) is 11.8 Å². The minimum absolute atomic E-state index is 0.808. The molecule has 0 atom stereocenters. The van der Waals surface area contributed by atoms with E-state index in [9.17, 15) is 0 Å². The van der Waals surface area contributed by atoms with Crippen LogP contribution in [0.4, 0.5) is 0 Å². The maximum Gasteiger partial charge on any atom is 0.0880 e. The van der Waals surface area contributed by atoms with Crippen LogP contribution in [0.3, 0.4) is 0 Å². The summed E-state index contributed by atoms with van der Waals surface area (Å²) in [5.41, 5.74) is 0. The van der Waals surface area contributed by atoms with Crippen LogP contribution >= 0.6 is 11.8 Å². The third-order valence-corrected chi connectivity index (χ3v) is 1.24. The molecule has 0 N–H and O–H groups in total. The van der Waals surface area contributed by atoms with Gasteiger partial charge in [-0.3, -0.25) is 4.99 Å². The first-order valence-electron chi connectivity index (χ1n) is 2.09. The molecule has 0 saturated heterocycles. The minimum atomic E-state index is 0.808. The van der Waals surface area contributed by atoms with Gasteiger partial charge < -0.3 is 0 Å². The summed E-state index contributed by atoms with van der Waals surface area (Å²) >= 11 is 1.61. The lowest BCUT2D eigenvalue weighted by atomic mass is 11.0. The Morgan fingerprint density at radius 2 is 2.43 bits per heavy atom. The van der Waals surface area contributed by atoms with Crippen LogP contribution < -0.4 is 0 Å². The highest BCUT2D eigenvalue weighted by molar-refractivity contribution is 8.02. The molecule has 0 spiro atoms. The van der Waals surface area contributed by atoms with Crippen molar-refractivity contribution in [1.29, 1.82) is 0 Å². The van der Waals surface area contributed by atoms with Crippen LogP contribution in [-0.2, 0) is 0 Å². The molecule has 0 saturated carbocycles. The van der Waals surface area contributed by atoms with Crippen LogP contribution in [0.2, 0.25) is 0 Å². The molecule has 7 heavy (non-hydrogen) atoms. The van der Waals surface area contributed by atoms with E-state index in [1.807, 2.05) is 0 Å². The van der Waals surface area contributed by atoms with Crippen LogP contribution in [0, 0.1) is 0 Å². The highest BCUT2D eigenvalue weighted by Gasteiger charge is 1.81. The van der Waals surface area contributed by atoms with Crippen molar-refractivity contribution in [2.24, 2.45) is 4.99 Å². The molecule has 0 unspecified atom stereocenters. The van der Waals surface area contributed by atoms with Gasteiger partial charge in [-0.1, -0.05) is 13.5 Å². The molecule has 0 rings (SSSR count). The van der Waals surface area contributed by atoms with Gasteiger partial charge in [0.1, 0.15) is 0 Å². The lowest BCUT2D eigenvalue weighted by Crippen LogP contribution is -1.65. The lowest BCUT2D eigenvalue weighted by Gasteiger charge is -1.89. The van der Waals surface area contributed by atoms with Crippen LogP contribution in [0.25, 0.3) is 0 Å². The highest BCUT2D eigenvalue weighted by Crippen LogP contribution is 2.11. The van der Waals surface area contributed by atoms with E-state index in [0.717, 1.165) is 10.8 Å². The first-order chi connectivity index (χ1) is 3.31. The fourth-order valence-corrected chi connectivity index (χ4v) is 0.637. The van der Waals surface area contributed by atoms with E-state index in [0.29, 0.717) is 0 Å². The van der Waals surface area contributed by atoms with Crippen molar-refractivity contribution in [2.45, 2.75) is 6.92 Å². The molecule has 0 aromatic carbocycles. The van der Waals surface area contributed by atoms with Gasteiger partial charge in [-0.05, 0) is 12.5 Å². The van der Waals surface area contributed by atoms with Gasteiger partial charge in [0, 0.05) is 0 Å². The average Bonchev–Trinajstić information content (AvgIpc) is 1.68. The smallest absolute Gasteiger partial charge is 0.0880 e. The fraction of sp³-hybridized carbons (Fsp3) is 0.400. The molecule has 0 aromatic heterocycles. The Morgan fingerprint density at radius 3 is 2.57 bits per heavy atom. The Balaban J connectivity index is 3.17. The number of aliphatic imine (C=N–C) groups is 1. The number of rotatable bonds is 3. The van der Waals surface area contributed by atoms with Crippen molar-refractivity contribution in [2.75, 3.05) is 5.75 Å². The zero-order valence-corrected chi connectivity index (χ0v) is 5.29. The predicted octanol–water partition coefficient (Wildman–Crippen LogP) is 1.91. The van der Waals surface area contributed by atoms with Crippen molar-refractivity contribution in [3.8, 4) is 0 Å². The second-order valence-corrected chi connectivity index (χ2v) is 2.32. The quantitative estimate of drug-likeness (QED) is 0.512. The van der Waals surface area contributed by atoms with Crippen molar-refractivity contribution in [3.05, 3.63) is 11.6 Å². The zero-order chi connectivity index (χ0) is 5.70. The van der Waals surface area contributed by atoms with E-state index >= 15 is 0 Å². The molecule has 0 radical (unpaired) electrons. The molecule has 0 aromatic rings. The van der Waals surface area contributed by atoms with Gasteiger partial charge in [-0.2, -0.15) is 0 Å². The molecule has 0 aliphatic carbocycles. The topological polar surface area (TPSA) is 12.4 Å². The monoisotopic (exact) mass is 115 g/mol. The van der Waals surface area contributed by atoms with Gasteiger partial charge >= 0.3 is 0 Å². The summed E-state index contributed by atoms with van der Waals surface area (Å²) in [6, 6.07) is 0. The molecular formula is C5H9NS.